The van der Waals surface area contributed by atoms with Crippen LogP contribution in [0.3, 0.4) is 0 Å². The quantitative estimate of drug-likeness (QED) is 0.747. The maximum Gasteiger partial charge on any atom is 0.0602 e. The molecule has 0 spiro atoms. The second-order valence-corrected chi connectivity index (χ2v) is 6.23. The number of hydrogen-bond acceptors (Lipinski definition) is 3. The fourth-order valence-electron chi connectivity index (χ4n) is 3.13. The van der Waals surface area contributed by atoms with Crippen molar-refractivity contribution in [1.29, 1.82) is 0 Å². The number of hydrogen-bond donors (Lipinski definition) is 2. The molecule has 0 saturated carbocycles. The van der Waals surface area contributed by atoms with Gasteiger partial charge in [-0.1, -0.05) is 27.7 Å². The summed E-state index contributed by atoms with van der Waals surface area (Å²) in [5.74, 6) is 1.25. The van der Waals surface area contributed by atoms with Crippen LogP contribution < -0.4 is 5.73 Å². The SMILES string of the molecule is CC(C)CC(N)C(CO)N1CCCC1C(C)C. The monoisotopic (exact) mass is 242 g/mol. The molecule has 102 valence electrons. The summed E-state index contributed by atoms with van der Waals surface area (Å²) in [6, 6.07) is 0.844. The summed E-state index contributed by atoms with van der Waals surface area (Å²) in [6.07, 6.45) is 3.49. The van der Waals surface area contributed by atoms with Gasteiger partial charge in [0, 0.05) is 18.1 Å². The summed E-state index contributed by atoms with van der Waals surface area (Å²) < 4.78 is 0. The average Bonchev–Trinajstić information content (AvgIpc) is 2.66. The van der Waals surface area contributed by atoms with Crippen LogP contribution in [0.5, 0.6) is 0 Å². The first kappa shape index (κ1) is 14.9. The van der Waals surface area contributed by atoms with E-state index in [1.165, 1.54) is 12.8 Å². The Hall–Kier alpha value is -0.120. The second-order valence-electron chi connectivity index (χ2n) is 6.23. The maximum atomic E-state index is 9.65. The number of aliphatic hydroxyl groups is 1. The lowest BCUT2D eigenvalue weighted by Gasteiger charge is -2.37. The molecule has 1 aliphatic heterocycles. The Morgan fingerprint density at radius 2 is 1.94 bits per heavy atom. The van der Waals surface area contributed by atoms with Crippen LogP contribution in [0.4, 0.5) is 0 Å². The average molecular weight is 242 g/mol. The molecule has 0 bridgehead atoms. The van der Waals surface area contributed by atoms with E-state index in [0.29, 0.717) is 17.9 Å². The predicted molar refractivity (Wildman–Crippen MR) is 72.9 cm³/mol. The van der Waals surface area contributed by atoms with Gasteiger partial charge in [-0.05, 0) is 37.6 Å². The molecule has 3 nitrogen and oxygen atoms in total. The summed E-state index contributed by atoms with van der Waals surface area (Å²) in [4.78, 5) is 2.46. The smallest absolute Gasteiger partial charge is 0.0602 e. The number of nitrogens with two attached hydrogens (primary N) is 1. The zero-order chi connectivity index (χ0) is 13.0. The van der Waals surface area contributed by atoms with E-state index in [0.717, 1.165) is 13.0 Å². The molecule has 0 aliphatic carbocycles. The van der Waals surface area contributed by atoms with E-state index in [2.05, 4.69) is 32.6 Å². The lowest BCUT2D eigenvalue weighted by Crippen LogP contribution is -2.53. The molecule has 0 aromatic carbocycles. The largest absolute Gasteiger partial charge is 0.395 e. The predicted octanol–water partition coefficient (Wildman–Crippen LogP) is 1.84. The molecular formula is C14H30N2O. The lowest BCUT2D eigenvalue weighted by molar-refractivity contribution is 0.0720. The highest BCUT2D eigenvalue weighted by molar-refractivity contribution is 4.91. The van der Waals surface area contributed by atoms with Crippen molar-refractivity contribution in [3.63, 3.8) is 0 Å². The minimum Gasteiger partial charge on any atom is -0.395 e. The van der Waals surface area contributed by atoms with Crippen molar-refractivity contribution >= 4 is 0 Å². The zero-order valence-corrected chi connectivity index (χ0v) is 11.9. The fraction of sp³-hybridized carbons (Fsp3) is 1.00. The molecule has 1 rings (SSSR count). The van der Waals surface area contributed by atoms with Gasteiger partial charge in [-0.3, -0.25) is 4.90 Å². The molecule has 3 atom stereocenters. The van der Waals surface area contributed by atoms with E-state index in [1.54, 1.807) is 0 Å². The van der Waals surface area contributed by atoms with Gasteiger partial charge < -0.3 is 10.8 Å². The lowest BCUT2D eigenvalue weighted by atomic mass is 9.95. The van der Waals surface area contributed by atoms with Crippen LogP contribution in [0.1, 0.15) is 47.0 Å². The van der Waals surface area contributed by atoms with E-state index in [-0.39, 0.29) is 18.7 Å². The van der Waals surface area contributed by atoms with Gasteiger partial charge in [0.1, 0.15) is 0 Å². The van der Waals surface area contributed by atoms with Crippen molar-refractivity contribution in [2.45, 2.75) is 65.1 Å². The molecule has 1 saturated heterocycles. The molecule has 0 radical (unpaired) electrons. The van der Waals surface area contributed by atoms with E-state index < -0.39 is 0 Å². The van der Waals surface area contributed by atoms with E-state index in [9.17, 15) is 5.11 Å². The van der Waals surface area contributed by atoms with E-state index in [4.69, 9.17) is 5.73 Å². The summed E-state index contributed by atoms with van der Waals surface area (Å²) >= 11 is 0. The molecular weight excluding hydrogens is 212 g/mol. The Kier molecular flexibility index (Phi) is 5.90. The fourth-order valence-corrected chi connectivity index (χ4v) is 3.13. The van der Waals surface area contributed by atoms with Gasteiger partial charge in [-0.2, -0.15) is 0 Å². The number of rotatable bonds is 6. The Morgan fingerprint density at radius 3 is 2.41 bits per heavy atom. The third-order valence-electron chi connectivity index (χ3n) is 3.96. The number of likely N-dealkylation sites (tertiary alicyclic amines) is 1. The van der Waals surface area contributed by atoms with Crippen LogP contribution in [0.25, 0.3) is 0 Å². The van der Waals surface area contributed by atoms with Crippen molar-refractivity contribution in [2.24, 2.45) is 17.6 Å². The van der Waals surface area contributed by atoms with Gasteiger partial charge in [0.15, 0.2) is 0 Å². The Bertz CT molecular complexity index is 218. The first-order valence-electron chi connectivity index (χ1n) is 7.09. The zero-order valence-electron chi connectivity index (χ0n) is 11.9. The first-order chi connectivity index (χ1) is 7.97. The molecule has 0 amide bonds. The molecule has 3 N–H and O–H groups in total. The van der Waals surface area contributed by atoms with Crippen molar-refractivity contribution in [1.82, 2.24) is 4.90 Å². The molecule has 3 heteroatoms. The second kappa shape index (κ2) is 6.72. The standard InChI is InChI=1S/C14H30N2O/c1-10(2)8-12(15)14(9-17)16-7-5-6-13(16)11(3)4/h10-14,17H,5-9,15H2,1-4H3. The van der Waals surface area contributed by atoms with Gasteiger partial charge >= 0.3 is 0 Å². The van der Waals surface area contributed by atoms with E-state index >= 15 is 0 Å². The first-order valence-corrected chi connectivity index (χ1v) is 7.09. The van der Waals surface area contributed by atoms with Crippen LogP contribution in [0.15, 0.2) is 0 Å². The summed E-state index contributed by atoms with van der Waals surface area (Å²) in [7, 11) is 0. The Labute approximate surface area is 106 Å². The van der Waals surface area contributed by atoms with Gasteiger partial charge in [0.25, 0.3) is 0 Å². The molecule has 1 fully saturated rings. The molecule has 1 heterocycles. The van der Waals surface area contributed by atoms with Gasteiger partial charge in [-0.25, -0.2) is 0 Å². The summed E-state index contributed by atoms with van der Waals surface area (Å²) in [5, 5.41) is 9.65. The van der Waals surface area contributed by atoms with Gasteiger partial charge in [0.05, 0.1) is 6.61 Å². The number of nitrogens with zero attached hydrogens (tertiary/aromatic N) is 1. The highest BCUT2D eigenvalue weighted by Gasteiger charge is 2.34. The Morgan fingerprint density at radius 1 is 1.29 bits per heavy atom. The van der Waals surface area contributed by atoms with Gasteiger partial charge in [-0.15, -0.1) is 0 Å². The van der Waals surface area contributed by atoms with Crippen molar-refractivity contribution < 1.29 is 5.11 Å². The molecule has 0 aromatic rings. The number of aliphatic hydroxyl groups excluding tert-OH is 1. The highest BCUT2D eigenvalue weighted by atomic mass is 16.3. The molecule has 17 heavy (non-hydrogen) atoms. The third-order valence-corrected chi connectivity index (χ3v) is 3.96. The highest BCUT2D eigenvalue weighted by Crippen LogP contribution is 2.27. The minimum atomic E-state index is 0.0966. The minimum absolute atomic E-state index is 0.0966. The summed E-state index contributed by atoms with van der Waals surface area (Å²) in [5.41, 5.74) is 6.27. The topological polar surface area (TPSA) is 49.5 Å². The normalized spacial score (nSPS) is 25.8. The maximum absolute atomic E-state index is 9.65. The van der Waals surface area contributed by atoms with Crippen LogP contribution >= 0.6 is 0 Å². The molecule has 3 unspecified atom stereocenters. The van der Waals surface area contributed by atoms with E-state index in [1.807, 2.05) is 0 Å². The molecule has 1 aliphatic rings. The summed E-state index contributed by atoms with van der Waals surface area (Å²) in [6.45, 7) is 10.2. The van der Waals surface area contributed by atoms with Crippen molar-refractivity contribution in [3.05, 3.63) is 0 Å². The molecule has 0 aromatic heterocycles. The van der Waals surface area contributed by atoms with Crippen LogP contribution in [0, 0.1) is 11.8 Å². The van der Waals surface area contributed by atoms with Gasteiger partial charge in [0.2, 0.25) is 0 Å². The Balaban J connectivity index is 2.65. The van der Waals surface area contributed by atoms with Crippen LogP contribution in [0.2, 0.25) is 0 Å². The third kappa shape index (κ3) is 3.94. The van der Waals surface area contributed by atoms with Crippen molar-refractivity contribution in [2.75, 3.05) is 13.2 Å². The van der Waals surface area contributed by atoms with Crippen molar-refractivity contribution in [3.8, 4) is 0 Å². The van der Waals surface area contributed by atoms with Crippen LogP contribution in [-0.4, -0.2) is 41.3 Å². The van der Waals surface area contributed by atoms with Crippen LogP contribution in [-0.2, 0) is 0 Å².